The van der Waals surface area contributed by atoms with Gasteiger partial charge in [-0.2, -0.15) is 5.10 Å². The number of nitrogens with one attached hydrogen (secondary N) is 1. The van der Waals surface area contributed by atoms with Gasteiger partial charge in [0.2, 0.25) is 0 Å². The van der Waals surface area contributed by atoms with Gasteiger partial charge in [-0.25, -0.2) is 14.1 Å². The van der Waals surface area contributed by atoms with Crippen LogP contribution in [0, 0.1) is 5.82 Å². The zero-order chi connectivity index (χ0) is 20.7. The normalized spacial score (nSPS) is 20.5. The van der Waals surface area contributed by atoms with Crippen LogP contribution in [0.5, 0.6) is 0 Å². The van der Waals surface area contributed by atoms with Crippen molar-refractivity contribution in [2.75, 3.05) is 6.54 Å². The van der Waals surface area contributed by atoms with Crippen LogP contribution < -0.4 is 5.32 Å². The second-order valence-electron chi connectivity index (χ2n) is 7.70. The van der Waals surface area contributed by atoms with Crippen molar-refractivity contribution in [1.82, 2.24) is 20.1 Å². The Hall–Kier alpha value is -3.19. The highest BCUT2D eigenvalue weighted by Gasteiger charge is 2.40. The van der Waals surface area contributed by atoms with E-state index >= 15 is 0 Å². The van der Waals surface area contributed by atoms with Crippen molar-refractivity contribution in [3.8, 4) is 0 Å². The Balaban J connectivity index is 1.75. The maximum Gasteiger partial charge on any atom is 0.184 e. The molecule has 0 spiro atoms. The first-order valence-corrected chi connectivity index (χ1v) is 10.2. The van der Waals surface area contributed by atoms with E-state index in [9.17, 15) is 9.18 Å². The molecular weight excluding hydrogens is 381 g/mol. The molecular formula is C23H22FN5O. The lowest BCUT2D eigenvalue weighted by atomic mass is 9.82. The maximum absolute atomic E-state index is 14.3. The van der Waals surface area contributed by atoms with Gasteiger partial charge in [0, 0.05) is 30.3 Å². The number of nitrogens with zero attached hydrogens (tertiary/aromatic N) is 4. The van der Waals surface area contributed by atoms with Crippen LogP contribution in [0.2, 0.25) is 0 Å². The van der Waals surface area contributed by atoms with Gasteiger partial charge in [0.1, 0.15) is 24.5 Å². The van der Waals surface area contributed by atoms with E-state index in [1.807, 2.05) is 22.9 Å². The Morgan fingerprint density at radius 1 is 1.23 bits per heavy atom. The van der Waals surface area contributed by atoms with Crippen LogP contribution in [-0.2, 0) is 13.1 Å². The minimum atomic E-state index is -0.399. The van der Waals surface area contributed by atoms with E-state index in [-0.39, 0.29) is 24.3 Å². The van der Waals surface area contributed by atoms with E-state index in [2.05, 4.69) is 34.5 Å². The molecule has 1 aromatic heterocycles. The number of carbonyl (C=O) groups is 1. The van der Waals surface area contributed by atoms with Crippen LogP contribution in [0.25, 0.3) is 0 Å². The minimum Gasteiger partial charge on any atom is -0.305 e. The Kier molecular flexibility index (Phi) is 4.75. The largest absolute Gasteiger partial charge is 0.305 e. The van der Waals surface area contributed by atoms with Crippen molar-refractivity contribution in [3.63, 3.8) is 0 Å². The fourth-order valence-corrected chi connectivity index (χ4v) is 4.54. The third-order valence-corrected chi connectivity index (χ3v) is 5.79. The number of benzene rings is 2. The maximum atomic E-state index is 14.3. The van der Waals surface area contributed by atoms with Crippen LogP contribution in [0.4, 0.5) is 4.39 Å². The summed E-state index contributed by atoms with van der Waals surface area (Å²) < 4.78 is 16.2. The number of aromatic nitrogens is 3. The number of rotatable bonds is 4. The summed E-state index contributed by atoms with van der Waals surface area (Å²) in [6, 6.07) is 12.8. The molecule has 30 heavy (non-hydrogen) atoms. The molecule has 0 radical (unpaired) electrons. The Labute approximate surface area is 173 Å². The van der Waals surface area contributed by atoms with Crippen LogP contribution >= 0.6 is 0 Å². The SMILES string of the molecule is CCCn1ncnc1C1C2=NCC(=O)c3cc(F)cc(c32)CNC1c1ccccc1. The van der Waals surface area contributed by atoms with Crippen molar-refractivity contribution in [3.05, 3.63) is 82.7 Å². The number of Topliss-reactive ketones (excluding diaryl/α,β-unsaturated/α-hetero) is 1. The van der Waals surface area contributed by atoms with Gasteiger partial charge in [0.25, 0.3) is 0 Å². The van der Waals surface area contributed by atoms with E-state index in [0.29, 0.717) is 12.1 Å². The summed E-state index contributed by atoms with van der Waals surface area (Å²) in [6.45, 7) is 3.29. The molecule has 0 bridgehead atoms. The molecule has 2 unspecified atom stereocenters. The highest BCUT2D eigenvalue weighted by molar-refractivity contribution is 6.18. The first kappa shape index (κ1) is 18.8. The molecule has 2 aliphatic rings. The summed E-state index contributed by atoms with van der Waals surface area (Å²) in [5.41, 5.74) is 3.78. The number of aliphatic imine (C=N–C) groups is 1. The van der Waals surface area contributed by atoms with Crippen LogP contribution in [-0.4, -0.2) is 32.8 Å². The zero-order valence-electron chi connectivity index (χ0n) is 16.7. The number of ketones is 1. The van der Waals surface area contributed by atoms with E-state index < -0.39 is 5.82 Å². The van der Waals surface area contributed by atoms with E-state index in [4.69, 9.17) is 4.99 Å². The molecule has 3 aromatic rings. The van der Waals surface area contributed by atoms with Gasteiger partial charge in [0.15, 0.2) is 5.78 Å². The molecule has 2 atom stereocenters. The van der Waals surface area contributed by atoms with E-state index in [0.717, 1.165) is 41.2 Å². The third-order valence-electron chi connectivity index (χ3n) is 5.79. The second kappa shape index (κ2) is 7.57. The predicted molar refractivity (Wildman–Crippen MR) is 111 cm³/mol. The summed E-state index contributed by atoms with van der Waals surface area (Å²) in [4.78, 5) is 21.9. The zero-order valence-corrected chi connectivity index (χ0v) is 16.7. The second-order valence-corrected chi connectivity index (χ2v) is 7.70. The number of aryl methyl sites for hydroxylation is 1. The van der Waals surface area contributed by atoms with Crippen LogP contribution in [0.3, 0.4) is 0 Å². The summed E-state index contributed by atoms with van der Waals surface area (Å²) in [6.07, 6.45) is 2.49. The highest BCUT2D eigenvalue weighted by Crippen LogP contribution is 2.39. The highest BCUT2D eigenvalue weighted by atomic mass is 19.1. The molecule has 1 N–H and O–H groups in total. The standard InChI is InChI=1S/C23H22FN5O/c1-2-8-29-23(27-13-28-29)20-21(14-6-4-3-5-7-14)25-11-15-9-16(24)10-17-18(30)12-26-22(20)19(15)17/h3-7,9-10,13,20-21,25H,2,8,11-12H2,1H3. The molecule has 152 valence electrons. The van der Waals surface area contributed by atoms with Gasteiger partial charge in [-0.1, -0.05) is 37.3 Å². The molecule has 5 rings (SSSR count). The van der Waals surface area contributed by atoms with Crippen molar-refractivity contribution >= 4 is 11.5 Å². The summed E-state index contributed by atoms with van der Waals surface area (Å²) in [5.74, 6) is -0.000106. The molecule has 0 saturated carbocycles. The summed E-state index contributed by atoms with van der Waals surface area (Å²) >= 11 is 0. The lowest BCUT2D eigenvalue weighted by molar-refractivity contribution is 0.0999. The van der Waals surface area contributed by atoms with Crippen molar-refractivity contribution in [2.45, 2.75) is 38.4 Å². The predicted octanol–water partition coefficient (Wildman–Crippen LogP) is 3.44. The van der Waals surface area contributed by atoms with Crippen LogP contribution in [0.15, 0.2) is 53.8 Å². The van der Waals surface area contributed by atoms with Gasteiger partial charge in [0.05, 0.1) is 11.6 Å². The first-order chi connectivity index (χ1) is 14.7. The molecule has 6 nitrogen and oxygen atoms in total. The van der Waals surface area contributed by atoms with Gasteiger partial charge in [-0.05, 0) is 29.7 Å². The van der Waals surface area contributed by atoms with Gasteiger partial charge in [-0.15, -0.1) is 0 Å². The third kappa shape index (κ3) is 3.06. The van der Waals surface area contributed by atoms with Gasteiger partial charge in [-0.3, -0.25) is 9.79 Å². The van der Waals surface area contributed by atoms with Gasteiger partial charge >= 0.3 is 0 Å². The molecule has 3 heterocycles. The number of carbonyl (C=O) groups excluding carboxylic acids is 1. The molecule has 2 aromatic carbocycles. The van der Waals surface area contributed by atoms with E-state index in [1.165, 1.54) is 12.1 Å². The number of hydrogen-bond donors (Lipinski definition) is 1. The molecule has 0 amide bonds. The van der Waals surface area contributed by atoms with Crippen molar-refractivity contribution in [1.29, 1.82) is 0 Å². The Morgan fingerprint density at radius 2 is 2.07 bits per heavy atom. The molecule has 0 saturated heterocycles. The fourth-order valence-electron chi connectivity index (χ4n) is 4.54. The minimum absolute atomic E-state index is 0.0190. The summed E-state index contributed by atoms with van der Waals surface area (Å²) in [5, 5.41) is 8.01. The lowest BCUT2D eigenvalue weighted by Crippen LogP contribution is -2.33. The van der Waals surface area contributed by atoms with Crippen molar-refractivity contribution < 1.29 is 9.18 Å². The average Bonchev–Trinajstić information content (AvgIpc) is 3.14. The molecule has 0 fully saturated rings. The molecule has 0 aliphatic carbocycles. The van der Waals surface area contributed by atoms with Crippen LogP contribution in [0.1, 0.15) is 58.2 Å². The molecule has 7 heteroatoms. The lowest BCUT2D eigenvalue weighted by Gasteiger charge is -2.29. The fraction of sp³-hybridized carbons (Fsp3) is 0.304. The summed E-state index contributed by atoms with van der Waals surface area (Å²) in [7, 11) is 0. The van der Waals surface area contributed by atoms with Gasteiger partial charge < -0.3 is 5.32 Å². The quantitative estimate of drug-likeness (QED) is 0.724. The smallest absolute Gasteiger partial charge is 0.184 e. The first-order valence-electron chi connectivity index (χ1n) is 10.2. The Morgan fingerprint density at radius 3 is 2.87 bits per heavy atom. The monoisotopic (exact) mass is 403 g/mol. The van der Waals surface area contributed by atoms with E-state index in [1.54, 1.807) is 6.33 Å². The average molecular weight is 403 g/mol. The van der Waals surface area contributed by atoms with Crippen molar-refractivity contribution in [2.24, 2.45) is 4.99 Å². The Bertz CT molecular complexity index is 1140. The number of halogens is 1. The number of hydrogen-bond acceptors (Lipinski definition) is 5. The topological polar surface area (TPSA) is 72.2 Å². The molecule has 2 aliphatic heterocycles.